The summed E-state index contributed by atoms with van der Waals surface area (Å²) in [6.45, 7) is 7.81. The van der Waals surface area contributed by atoms with E-state index in [0.717, 1.165) is 115 Å². The van der Waals surface area contributed by atoms with Crippen LogP contribution in [0.2, 0.25) is 0 Å². The minimum atomic E-state index is 0.417. The fourth-order valence-corrected chi connectivity index (χ4v) is 8.31. The third-order valence-electron chi connectivity index (χ3n) is 11.8. The Labute approximate surface area is 442 Å². The molecule has 0 aliphatic carbocycles. The number of aromatic nitrogens is 2. The number of nitrogens with zero attached hydrogens (tertiary/aromatic N) is 1. The van der Waals surface area contributed by atoms with E-state index >= 15 is 0 Å². The SMILES string of the molecule is CO.CO.c1c2cc3cc1OCCOCCOCCOc1cc(cc(c1)OCCOCCOCCO3)COCCCCCCCCOC2.c1ccc(-c2nc3c(-c4ccccc4)ccc(-c4ccccc4)c3[nH]2)cc1. The minimum absolute atomic E-state index is 0.417. The van der Waals surface area contributed by atoms with Gasteiger partial charge in [0.2, 0.25) is 0 Å². The van der Waals surface area contributed by atoms with Gasteiger partial charge in [-0.05, 0) is 59.4 Å². The standard InChI is InChI=1S/C34H50O10.C25H18N2.2CH4O/c1-2-4-6-8-40-28-30-23-33-26-34(24-30)44-20-16-38-12-10-36-14-18-42-32-22-29(27-39-7-5-3-1)21-31(25-32)41-17-13-35-9-11-37-15-19-43-33;1-4-10-18(11-5-1)21-16-17-22(19-12-6-2-7-13-19)24-23(21)26-25(27-24)20-14-8-3-9-15-20;2*1-2/h21-26H,1-20,27-28H2;1-17H,(H,26,27);2*2H,1H3. The summed E-state index contributed by atoms with van der Waals surface area (Å²) in [7, 11) is 2.00. The highest BCUT2D eigenvalue weighted by Gasteiger charge is 2.15. The number of ether oxygens (including phenoxy) is 10. The average Bonchev–Trinajstić information content (AvgIpc) is 3.93. The van der Waals surface area contributed by atoms with Crippen LogP contribution in [0.15, 0.2) is 140 Å². The number of rotatable bonds is 3. The number of fused-ring (bicyclic) bond motifs is 30. The predicted octanol–water partition coefficient (Wildman–Crippen LogP) is 11.2. The Morgan fingerprint density at radius 3 is 1.11 bits per heavy atom. The Kier molecular flexibility index (Phi) is 27.1. The highest BCUT2D eigenvalue weighted by molar-refractivity contribution is 6.02. The van der Waals surface area contributed by atoms with Crippen LogP contribution in [-0.2, 0) is 41.6 Å². The molecule has 0 fully saturated rings. The Morgan fingerprint density at radius 2 is 0.693 bits per heavy atom. The first-order valence-corrected chi connectivity index (χ1v) is 26.1. The van der Waals surface area contributed by atoms with Crippen LogP contribution >= 0.6 is 0 Å². The first-order chi connectivity index (χ1) is 37.2. The lowest BCUT2D eigenvalue weighted by Crippen LogP contribution is -2.14. The maximum atomic E-state index is 7.00. The van der Waals surface area contributed by atoms with Gasteiger partial charge in [-0.25, -0.2) is 4.98 Å². The summed E-state index contributed by atoms with van der Waals surface area (Å²) in [5.74, 6) is 3.79. The number of imidazole rings is 1. The molecular formula is C61H76N2O12. The lowest BCUT2D eigenvalue weighted by Gasteiger charge is -2.14. The Morgan fingerprint density at radius 1 is 0.347 bits per heavy atom. The van der Waals surface area contributed by atoms with E-state index in [1.165, 1.54) is 29.5 Å². The van der Waals surface area contributed by atoms with Gasteiger partial charge in [-0.3, -0.25) is 0 Å². The number of hydrogen-bond donors (Lipinski definition) is 3. The second-order valence-electron chi connectivity index (χ2n) is 17.3. The fraction of sp³-hybridized carbons (Fsp3) is 0.393. The molecule has 10 rings (SSSR count). The van der Waals surface area contributed by atoms with Gasteiger partial charge >= 0.3 is 0 Å². The minimum Gasteiger partial charge on any atom is -0.491 e. The summed E-state index contributed by atoms with van der Waals surface area (Å²) in [6.07, 6.45) is 6.79. The Balaban J connectivity index is 0.000000250. The maximum absolute atomic E-state index is 7.00. The molecule has 402 valence electrons. The molecule has 0 saturated heterocycles. The van der Waals surface area contributed by atoms with Gasteiger partial charge in [0.15, 0.2) is 0 Å². The number of aliphatic hydroxyl groups is 2. The van der Waals surface area contributed by atoms with Crippen LogP contribution in [0.3, 0.4) is 0 Å². The summed E-state index contributed by atoms with van der Waals surface area (Å²) in [5, 5.41) is 14.0. The first-order valence-electron chi connectivity index (χ1n) is 26.1. The lowest BCUT2D eigenvalue weighted by atomic mass is 9.98. The second-order valence-corrected chi connectivity index (χ2v) is 17.3. The van der Waals surface area contributed by atoms with E-state index in [9.17, 15) is 0 Å². The van der Waals surface area contributed by atoms with E-state index in [0.29, 0.717) is 92.5 Å². The van der Waals surface area contributed by atoms with E-state index < -0.39 is 0 Å². The summed E-state index contributed by atoms with van der Waals surface area (Å²) in [5.41, 5.74) is 9.85. The van der Waals surface area contributed by atoms with Gasteiger partial charge in [0.1, 0.15) is 55.2 Å². The molecule has 0 atom stereocenters. The molecule has 0 amide bonds. The molecule has 4 heterocycles. The van der Waals surface area contributed by atoms with Crippen molar-refractivity contribution in [3.63, 3.8) is 0 Å². The average molecular weight is 1030 g/mol. The van der Waals surface area contributed by atoms with Crippen molar-refractivity contribution in [2.75, 3.05) is 107 Å². The first kappa shape index (κ1) is 57.9. The molecule has 7 aromatic rings. The quantitative estimate of drug-likeness (QED) is 0.144. The smallest absolute Gasteiger partial charge is 0.138 e. The third-order valence-corrected chi connectivity index (χ3v) is 11.8. The van der Waals surface area contributed by atoms with Gasteiger partial charge in [-0.15, -0.1) is 0 Å². The summed E-state index contributed by atoms with van der Waals surface area (Å²) >= 11 is 0. The van der Waals surface area contributed by atoms with Crippen molar-refractivity contribution in [1.29, 1.82) is 0 Å². The monoisotopic (exact) mass is 1030 g/mol. The summed E-state index contributed by atoms with van der Waals surface area (Å²) in [6, 6.07) is 47.3. The number of hydrogen-bond acceptors (Lipinski definition) is 13. The number of aromatic amines is 1. The largest absolute Gasteiger partial charge is 0.491 e. The number of nitrogens with one attached hydrogen (secondary N) is 1. The van der Waals surface area contributed by atoms with Gasteiger partial charge in [-0.1, -0.05) is 129 Å². The fourth-order valence-electron chi connectivity index (χ4n) is 8.31. The third kappa shape index (κ3) is 20.4. The molecule has 0 unspecified atom stereocenters. The van der Waals surface area contributed by atoms with Crippen molar-refractivity contribution in [2.45, 2.75) is 51.7 Å². The van der Waals surface area contributed by atoms with E-state index in [4.69, 9.17) is 62.6 Å². The second kappa shape index (κ2) is 35.0. The van der Waals surface area contributed by atoms with Gasteiger partial charge in [0.05, 0.1) is 77.1 Å². The van der Waals surface area contributed by atoms with Crippen molar-refractivity contribution in [2.24, 2.45) is 0 Å². The summed E-state index contributed by atoms with van der Waals surface area (Å²) < 4.78 is 58.7. The van der Waals surface area contributed by atoms with Gasteiger partial charge < -0.3 is 62.6 Å². The van der Waals surface area contributed by atoms with Crippen LogP contribution in [0.5, 0.6) is 23.0 Å². The molecule has 14 heteroatoms. The molecule has 3 N–H and O–H groups in total. The predicted molar refractivity (Wildman–Crippen MR) is 294 cm³/mol. The van der Waals surface area contributed by atoms with Crippen LogP contribution in [0.4, 0.5) is 0 Å². The maximum Gasteiger partial charge on any atom is 0.138 e. The van der Waals surface area contributed by atoms with Crippen molar-refractivity contribution in [1.82, 2.24) is 9.97 Å². The zero-order chi connectivity index (χ0) is 52.4. The molecule has 75 heavy (non-hydrogen) atoms. The van der Waals surface area contributed by atoms with Gasteiger partial charge in [0, 0.05) is 56.3 Å². The topological polar surface area (TPSA) is 161 Å². The van der Waals surface area contributed by atoms with Gasteiger partial charge in [0.25, 0.3) is 0 Å². The molecule has 6 aromatic carbocycles. The molecule has 1 aromatic heterocycles. The molecular weight excluding hydrogens is 953 g/mol. The Bertz CT molecular complexity index is 2380. The number of benzene rings is 6. The van der Waals surface area contributed by atoms with E-state index in [-0.39, 0.29) is 0 Å². The summed E-state index contributed by atoms with van der Waals surface area (Å²) in [4.78, 5) is 8.57. The van der Waals surface area contributed by atoms with Crippen LogP contribution in [0.25, 0.3) is 44.7 Å². The van der Waals surface area contributed by atoms with Crippen molar-refractivity contribution < 1.29 is 57.6 Å². The normalized spacial score (nSPS) is 16.0. The number of H-pyrrole nitrogens is 1. The van der Waals surface area contributed by atoms with Crippen molar-refractivity contribution in [3.8, 4) is 56.6 Å². The van der Waals surface area contributed by atoms with Crippen LogP contribution < -0.4 is 18.9 Å². The van der Waals surface area contributed by atoms with Crippen LogP contribution in [0, 0.1) is 0 Å². The molecule has 3 aliphatic heterocycles. The molecule has 3 aliphatic rings. The number of aliphatic hydroxyl groups excluding tert-OH is 2. The molecule has 0 saturated carbocycles. The van der Waals surface area contributed by atoms with Crippen molar-refractivity contribution >= 4 is 11.0 Å². The molecule has 14 nitrogen and oxygen atoms in total. The van der Waals surface area contributed by atoms with E-state index in [1.54, 1.807) is 0 Å². The zero-order valence-electron chi connectivity index (χ0n) is 43.8. The highest BCUT2D eigenvalue weighted by atomic mass is 16.6. The molecule has 0 spiro atoms. The lowest BCUT2D eigenvalue weighted by molar-refractivity contribution is 0.0259. The van der Waals surface area contributed by atoms with Gasteiger partial charge in [-0.2, -0.15) is 0 Å². The van der Waals surface area contributed by atoms with E-state index in [1.807, 2.05) is 66.7 Å². The highest BCUT2D eigenvalue weighted by Crippen LogP contribution is 2.36. The van der Waals surface area contributed by atoms with Crippen molar-refractivity contribution in [3.05, 3.63) is 151 Å². The van der Waals surface area contributed by atoms with Crippen LogP contribution in [-0.4, -0.2) is 127 Å². The molecule has 6 bridgehead atoms. The zero-order valence-corrected chi connectivity index (χ0v) is 43.8. The van der Waals surface area contributed by atoms with E-state index in [2.05, 4.69) is 77.8 Å². The Hall–Kier alpha value is -6.33. The molecule has 0 radical (unpaired) electrons. The van der Waals surface area contributed by atoms with Crippen LogP contribution in [0.1, 0.15) is 49.7 Å².